The first-order chi connectivity index (χ1) is 15.2. The maximum absolute atomic E-state index is 13.1. The lowest BCUT2D eigenvalue weighted by Gasteiger charge is -2.31. The van der Waals surface area contributed by atoms with Gasteiger partial charge in [-0.1, -0.05) is 6.07 Å². The zero-order chi connectivity index (χ0) is 23.3. The van der Waals surface area contributed by atoms with Gasteiger partial charge in [-0.3, -0.25) is 9.59 Å². The minimum atomic E-state index is -3.84. The van der Waals surface area contributed by atoms with E-state index in [0.717, 1.165) is 12.1 Å². The number of nitrogens with zero attached hydrogens (tertiary/aromatic N) is 1. The predicted octanol–water partition coefficient (Wildman–Crippen LogP) is 2.38. The van der Waals surface area contributed by atoms with Crippen LogP contribution in [0.25, 0.3) is 0 Å². The number of nitrogens with one attached hydrogen (secondary N) is 2. The standard InChI is InChI=1S/C22H26FN3O5S/c1-15(21(27)25-18-6-3-7-19(13-18)31-2)24-22(28)16-5-4-12-26(14-16)32(29,30)20-10-8-17(23)9-11-20/h3,6-11,13,15-16H,4-5,12,14H2,1-2H3,(H,24,28)(H,25,27)/t15-,16-/m0/s1. The average molecular weight is 464 g/mol. The molecule has 0 bridgehead atoms. The van der Waals surface area contributed by atoms with Crippen molar-refractivity contribution in [2.45, 2.75) is 30.7 Å². The van der Waals surface area contributed by atoms with Crippen molar-refractivity contribution in [1.82, 2.24) is 9.62 Å². The van der Waals surface area contributed by atoms with Crippen molar-refractivity contribution in [3.8, 4) is 5.75 Å². The number of piperidine rings is 1. The fourth-order valence-electron chi connectivity index (χ4n) is 3.48. The first kappa shape index (κ1) is 23.7. The second-order valence-electron chi connectivity index (χ2n) is 7.61. The Morgan fingerprint density at radius 1 is 1.19 bits per heavy atom. The van der Waals surface area contributed by atoms with Gasteiger partial charge in [-0.05, 0) is 56.2 Å². The Hall–Kier alpha value is -2.98. The Kier molecular flexibility index (Phi) is 7.47. The number of anilines is 1. The molecule has 0 radical (unpaired) electrons. The maximum Gasteiger partial charge on any atom is 0.246 e. The zero-order valence-electron chi connectivity index (χ0n) is 17.9. The van der Waals surface area contributed by atoms with Crippen LogP contribution in [0.2, 0.25) is 0 Å². The number of rotatable bonds is 7. The molecule has 0 saturated carbocycles. The van der Waals surface area contributed by atoms with Gasteiger partial charge in [0.1, 0.15) is 17.6 Å². The first-order valence-corrected chi connectivity index (χ1v) is 11.7. The summed E-state index contributed by atoms with van der Waals surface area (Å²) in [6.07, 6.45) is 1.01. The number of benzene rings is 2. The summed E-state index contributed by atoms with van der Waals surface area (Å²) in [7, 11) is -2.32. The Bertz CT molecular complexity index is 1080. The third-order valence-corrected chi connectivity index (χ3v) is 7.18. The predicted molar refractivity (Wildman–Crippen MR) is 117 cm³/mol. The quantitative estimate of drug-likeness (QED) is 0.656. The lowest BCUT2D eigenvalue weighted by atomic mass is 9.98. The van der Waals surface area contributed by atoms with E-state index < -0.39 is 39.6 Å². The highest BCUT2D eigenvalue weighted by atomic mass is 32.2. The number of hydrogen-bond acceptors (Lipinski definition) is 5. The molecule has 1 aliphatic heterocycles. The van der Waals surface area contributed by atoms with Gasteiger partial charge in [-0.25, -0.2) is 12.8 Å². The number of sulfonamides is 1. The fraction of sp³-hybridized carbons (Fsp3) is 0.364. The number of carbonyl (C=O) groups excluding carboxylic acids is 2. The summed E-state index contributed by atoms with van der Waals surface area (Å²) >= 11 is 0. The van der Waals surface area contributed by atoms with E-state index in [1.54, 1.807) is 31.2 Å². The molecule has 2 aromatic rings. The summed E-state index contributed by atoms with van der Waals surface area (Å²) in [5.41, 5.74) is 0.532. The van der Waals surface area contributed by atoms with E-state index in [0.29, 0.717) is 24.3 Å². The summed E-state index contributed by atoms with van der Waals surface area (Å²) in [4.78, 5) is 25.2. The molecule has 1 heterocycles. The molecule has 0 aromatic heterocycles. The number of amides is 2. The normalized spacial score (nSPS) is 17.9. The fourth-order valence-corrected chi connectivity index (χ4v) is 5.00. The zero-order valence-corrected chi connectivity index (χ0v) is 18.7. The molecule has 2 aromatic carbocycles. The van der Waals surface area contributed by atoms with Crippen molar-refractivity contribution >= 4 is 27.5 Å². The van der Waals surface area contributed by atoms with Crippen molar-refractivity contribution in [3.05, 3.63) is 54.3 Å². The van der Waals surface area contributed by atoms with Crippen LogP contribution in [-0.4, -0.2) is 50.8 Å². The molecule has 1 saturated heterocycles. The number of methoxy groups -OCH3 is 1. The average Bonchev–Trinajstić information content (AvgIpc) is 2.79. The Labute approximate surface area is 186 Å². The van der Waals surface area contributed by atoms with Crippen LogP contribution in [-0.2, 0) is 19.6 Å². The molecule has 8 nitrogen and oxygen atoms in total. The number of carbonyl (C=O) groups is 2. The molecule has 1 aliphatic rings. The molecule has 10 heteroatoms. The lowest BCUT2D eigenvalue weighted by molar-refractivity contribution is -0.129. The summed E-state index contributed by atoms with van der Waals surface area (Å²) in [5, 5.41) is 5.38. The molecule has 2 atom stereocenters. The second-order valence-corrected chi connectivity index (χ2v) is 9.55. The summed E-state index contributed by atoms with van der Waals surface area (Å²) in [6, 6.07) is 10.6. The van der Waals surface area contributed by atoms with Gasteiger partial charge >= 0.3 is 0 Å². The van der Waals surface area contributed by atoms with E-state index in [4.69, 9.17) is 4.74 Å². The van der Waals surface area contributed by atoms with Crippen molar-refractivity contribution in [1.29, 1.82) is 0 Å². The summed E-state index contributed by atoms with van der Waals surface area (Å²) < 4.78 is 45.2. The topological polar surface area (TPSA) is 105 Å². The highest BCUT2D eigenvalue weighted by molar-refractivity contribution is 7.89. The van der Waals surface area contributed by atoms with Crippen LogP contribution >= 0.6 is 0 Å². The van der Waals surface area contributed by atoms with Crippen molar-refractivity contribution in [2.24, 2.45) is 5.92 Å². The van der Waals surface area contributed by atoms with Crippen LogP contribution < -0.4 is 15.4 Å². The molecule has 1 fully saturated rings. The SMILES string of the molecule is COc1cccc(NC(=O)[C@H](C)NC(=O)[C@H]2CCCN(S(=O)(=O)c3ccc(F)cc3)C2)c1. The number of ether oxygens (including phenoxy) is 1. The van der Waals surface area contributed by atoms with Crippen LogP contribution in [0.3, 0.4) is 0 Å². The molecule has 3 rings (SSSR count). The van der Waals surface area contributed by atoms with Crippen LogP contribution in [0.15, 0.2) is 53.4 Å². The van der Waals surface area contributed by atoms with Crippen LogP contribution in [0, 0.1) is 11.7 Å². The molecule has 2 N–H and O–H groups in total. The van der Waals surface area contributed by atoms with Gasteiger partial charge in [0.25, 0.3) is 0 Å². The van der Waals surface area contributed by atoms with Gasteiger partial charge in [-0.2, -0.15) is 4.31 Å². The van der Waals surface area contributed by atoms with Gasteiger partial charge in [0, 0.05) is 24.8 Å². The number of halogens is 1. The number of hydrogen-bond donors (Lipinski definition) is 2. The Morgan fingerprint density at radius 2 is 1.91 bits per heavy atom. The third-order valence-electron chi connectivity index (χ3n) is 5.30. The minimum absolute atomic E-state index is 0.00420. The monoisotopic (exact) mass is 463 g/mol. The van der Waals surface area contributed by atoms with Crippen LogP contribution in [0.5, 0.6) is 5.75 Å². The van der Waals surface area contributed by atoms with Crippen molar-refractivity contribution in [2.75, 3.05) is 25.5 Å². The van der Waals surface area contributed by atoms with Crippen molar-refractivity contribution < 1.29 is 27.1 Å². The third kappa shape index (κ3) is 5.63. The van der Waals surface area contributed by atoms with E-state index in [1.165, 1.54) is 23.5 Å². The van der Waals surface area contributed by atoms with Gasteiger partial charge in [0.05, 0.1) is 17.9 Å². The maximum atomic E-state index is 13.1. The molecule has 0 unspecified atom stereocenters. The van der Waals surface area contributed by atoms with E-state index in [-0.39, 0.29) is 18.0 Å². The Morgan fingerprint density at radius 3 is 2.59 bits per heavy atom. The van der Waals surface area contributed by atoms with Gasteiger partial charge in [0.2, 0.25) is 21.8 Å². The first-order valence-electron chi connectivity index (χ1n) is 10.2. The Balaban J connectivity index is 1.60. The second kappa shape index (κ2) is 10.1. The largest absolute Gasteiger partial charge is 0.497 e. The highest BCUT2D eigenvalue weighted by Crippen LogP contribution is 2.24. The highest BCUT2D eigenvalue weighted by Gasteiger charge is 2.34. The molecule has 32 heavy (non-hydrogen) atoms. The molecular weight excluding hydrogens is 437 g/mol. The van der Waals surface area contributed by atoms with Gasteiger partial charge < -0.3 is 15.4 Å². The lowest BCUT2D eigenvalue weighted by Crippen LogP contribution is -2.49. The van der Waals surface area contributed by atoms with Crippen LogP contribution in [0.4, 0.5) is 10.1 Å². The molecule has 172 valence electrons. The summed E-state index contributed by atoms with van der Waals surface area (Å²) in [6.45, 7) is 1.83. The van der Waals surface area contributed by atoms with Crippen LogP contribution in [0.1, 0.15) is 19.8 Å². The minimum Gasteiger partial charge on any atom is -0.497 e. The smallest absolute Gasteiger partial charge is 0.246 e. The van der Waals surface area contributed by atoms with E-state index in [9.17, 15) is 22.4 Å². The van der Waals surface area contributed by atoms with Crippen molar-refractivity contribution in [3.63, 3.8) is 0 Å². The van der Waals surface area contributed by atoms with E-state index in [2.05, 4.69) is 10.6 Å². The van der Waals surface area contributed by atoms with E-state index in [1.807, 2.05) is 0 Å². The molecule has 2 amide bonds. The molecule has 0 spiro atoms. The van der Waals surface area contributed by atoms with Gasteiger partial charge in [-0.15, -0.1) is 0 Å². The van der Waals surface area contributed by atoms with Gasteiger partial charge in [0.15, 0.2) is 0 Å². The van der Waals surface area contributed by atoms with E-state index >= 15 is 0 Å². The molecular formula is C22H26FN3O5S. The molecule has 0 aliphatic carbocycles. The summed E-state index contributed by atoms with van der Waals surface area (Å²) in [5.74, 6) is -1.33.